The molecule has 1 N–H and O–H groups in total. The molecule has 2 aromatic carbocycles. The molecule has 0 aliphatic rings. The fourth-order valence-electron chi connectivity index (χ4n) is 2.25. The van der Waals surface area contributed by atoms with Crippen molar-refractivity contribution in [3.8, 4) is 17.6 Å². The lowest BCUT2D eigenvalue weighted by Gasteiger charge is -2.23. The molecule has 0 unspecified atom stereocenters. The van der Waals surface area contributed by atoms with Crippen LogP contribution in [0.5, 0.6) is 5.75 Å². The number of likely N-dealkylation sites (N-methyl/N-ethyl adjacent to an activating group) is 1. The summed E-state index contributed by atoms with van der Waals surface area (Å²) in [6, 6.07) is 6.04. The van der Waals surface area contributed by atoms with E-state index in [2.05, 4.69) is 11.8 Å². The third-order valence-corrected chi connectivity index (χ3v) is 3.84. The van der Waals surface area contributed by atoms with Gasteiger partial charge in [-0.1, -0.05) is 11.8 Å². The minimum atomic E-state index is -4.72. The van der Waals surface area contributed by atoms with Crippen LogP contribution in [-0.2, 0) is 10.9 Å². The Morgan fingerprint density at radius 1 is 1.07 bits per heavy atom. The fourth-order valence-corrected chi connectivity index (χ4v) is 2.25. The minimum absolute atomic E-state index is 0.0185. The molecule has 4 nitrogen and oxygen atoms in total. The number of nitrogens with zero attached hydrogens (tertiary/aromatic N) is 1. The van der Waals surface area contributed by atoms with Crippen molar-refractivity contribution in [2.75, 3.05) is 34.3 Å². The van der Waals surface area contributed by atoms with Crippen LogP contribution in [0, 0.1) is 17.7 Å². The van der Waals surface area contributed by atoms with Gasteiger partial charge in [-0.3, -0.25) is 0 Å². The quantitative estimate of drug-likeness (QED) is 0.361. The normalized spacial score (nSPS) is 11.6. The topological polar surface area (TPSA) is 46.5 Å². The second-order valence-electron chi connectivity index (χ2n) is 7.32. The Hall–Kier alpha value is -3.05. The third-order valence-electron chi connectivity index (χ3n) is 3.84. The van der Waals surface area contributed by atoms with Gasteiger partial charge in [-0.25, -0.2) is 9.18 Å². The fraction of sp³-hybridized carbons (Fsp3) is 0.286. The van der Waals surface area contributed by atoms with E-state index in [-0.39, 0.29) is 17.7 Å². The first-order valence-corrected chi connectivity index (χ1v) is 8.56. The molecule has 0 aromatic heterocycles. The number of benzene rings is 2. The molecule has 0 amide bonds. The maximum Gasteiger partial charge on any atom is 0.417 e. The molecule has 0 heterocycles. The number of halogens is 4. The summed E-state index contributed by atoms with van der Waals surface area (Å²) in [7, 11) is 5.79. The van der Waals surface area contributed by atoms with E-state index in [9.17, 15) is 27.5 Å². The van der Waals surface area contributed by atoms with E-state index < -0.39 is 34.8 Å². The molecule has 0 spiro atoms. The van der Waals surface area contributed by atoms with Gasteiger partial charge < -0.3 is 14.3 Å². The van der Waals surface area contributed by atoms with Crippen LogP contribution in [0.15, 0.2) is 36.4 Å². The second kappa shape index (κ2) is 8.53. The predicted molar refractivity (Wildman–Crippen MR) is 98.7 cm³/mol. The first kappa shape index (κ1) is 22.2. The SMILES string of the molecule is C[N+](C)(C)CCOC(=O)c1ccc(C#Cc2ccc(O)cc2C(F)(F)F)c(F)c1. The number of hydrogen-bond donors (Lipinski definition) is 1. The Bertz CT molecular complexity index is 967. The summed E-state index contributed by atoms with van der Waals surface area (Å²) < 4.78 is 59.1. The number of esters is 1. The van der Waals surface area contributed by atoms with E-state index in [4.69, 9.17) is 4.74 Å². The van der Waals surface area contributed by atoms with Crippen molar-refractivity contribution in [2.24, 2.45) is 0 Å². The Labute approximate surface area is 165 Å². The molecule has 2 aromatic rings. The summed E-state index contributed by atoms with van der Waals surface area (Å²) in [5.41, 5.74) is -1.72. The molecule has 0 saturated heterocycles. The molecule has 0 atom stereocenters. The average Bonchev–Trinajstić information content (AvgIpc) is 2.59. The summed E-state index contributed by atoms with van der Waals surface area (Å²) >= 11 is 0. The molecule has 0 bridgehead atoms. The van der Waals surface area contributed by atoms with Crippen LogP contribution in [0.3, 0.4) is 0 Å². The van der Waals surface area contributed by atoms with Crippen LogP contribution in [-0.4, -0.2) is 49.9 Å². The Kier molecular flexibility index (Phi) is 6.55. The maximum atomic E-state index is 14.2. The molecular weight excluding hydrogens is 390 g/mol. The summed E-state index contributed by atoms with van der Waals surface area (Å²) in [6.07, 6.45) is -4.72. The van der Waals surface area contributed by atoms with Gasteiger partial charge in [0, 0.05) is 5.56 Å². The van der Waals surface area contributed by atoms with Crippen molar-refractivity contribution < 1.29 is 36.7 Å². The second-order valence-corrected chi connectivity index (χ2v) is 7.32. The van der Waals surface area contributed by atoms with Crippen LogP contribution in [0.4, 0.5) is 17.6 Å². The number of phenolic OH excluding ortho intramolecular Hbond substituents is 1. The molecular formula is C21H20F4NO3+. The van der Waals surface area contributed by atoms with Crippen molar-refractivity contribution in [1.29, 1.82) is 0 Å². The van der Waals surface area contributed by atoms with Crippen LogP contribution in [0.2, 0.25) is 0 Å². The van der Waals surface area contributed by atoms with Crippen molar-refractivity contribution in [1.82, 2.24) is 0 Å². The lowest BCUT2D eigenvalue weighted by molar-refractivity contribution is -0.870. The van der Waals surface area contributed by atoms with Crippen LogP contribution >= 0.6 is 0 Å². The van der Waals surface area contributed by atoms with Crippen LogP contribution < -0.4 is 0 Å². The first-order chi connectivity index (χ1) is 13.4. The number of alkyl halides is 3. The van der Waals surface area contributed by atoms with Crippen LogP contribution in [0.25, 0.3) is 0 Å². The van der Waals surface area contributed by atoms with Gasteiger partial charge in [0.2, 0.25) is 0 Å². The number of quaternary nitrogens is 1. The summed E-state index contributed by atoms with van der Waals surface area (Å²) in [5, 5.41) is 9.27. The number of hydrogen-bond acceptors (Lipinski definition) is 3. The van der Waals surface area contributed by atoms with Gasteiger partial charge in [0.1, 0.15) is 24.7 Å². The first-order valence-electron chi connectivity index (χ1n) is 8.56. The Balaban J connectivity index is 2.21. The van der Waals surface area contributed by atoms with Gasteiger partial charge in [-0.2, -0.15) is 13.2 Å². The number of phenols is 1. The number of rotatable bonds is 4. The molecule has 0 aliphatic heterocycles. The standard InChI is InChI=1S/C21H19F4NO3/c1-26(2,3)10-11-29-20(28)16-7-6-15(19(22)12-16)5-4-14-8-9-17(27)13-18(14)21(23,24)25/h6-9,12-13H,10-11H2,1-3H3/p+1. The molecule has 29 heavy (non-hydrogen) atoms. The molecule has 154 valence electrons. The molecule has 0 radical (unpaired) electrons. The summed E-state index contributed by atoms with van der Waals surface area (Å²) in [5.74, 6) is 2.49. The largest absolute Gasteiger partial charge is 0.508 e. The molecule has 2 rings (SSSR count). The van der Waals surface area contributed by atoms with Crippen LogP contribution in [0.1, 0.15) is 27.0 Å². The number of carbonyl (C=O) groups is 1. The maximum absolute atomic E-state index is 14.2. The Morgan fingerprint density at radius 3 is 2.28 bits per heavy atom. The number of carbonyl (C=O) groups excluding carboxylic acids is 1. The zero-order valence-electron chi connectivity index (χ0n) is 16.1. The number of aromatic hydroxyl groups is 1. The average molecular weight is 410 g/mol. The molecule has 0 fully saturated rings. The summed E-state index contributed by atoms with van der Waals surface area (Å²) in [6.45, 7) is 0.735. The van der Waals surface area contributed by atoms with Gasteiger partial charge in [0.25, 0.3) is 0 Å². The van der Waals surface area contributed by atoms with Crippen molar-refractivity contribution >= 4 is 5.97 Å². The zero-order valence-corrected chi connectivity index (χ0v) is 16.1. The predicted octanol–water partition coefficient (Wildman–Crippen LogP) is 3.81. The van der Waals surface area contributed by atoms with Gasteiger partial charge >= 0.3 is 12.1 Å². The van der Waals surface area contributed by atoms with Crippen molar-refractivity contribution in [3.63, 3.8) is 0 Å². The summed E-state index contributed by atoms with van der Waals surface area (Å²) in [4.78, 5) is 12.0. The van der Waals surface area contributed by atoms with E-state index in [1.807, 2.05) is 21.1 Å². The van der Waals surface area contributed by atoms with Gasteiger partial charge in [-0.15, -0.1) is 0 Å². The van der Waals surface area contributed by atoms with E-state index in [1.165, 1.54) is 12.1 Å². The van der Waals surface area contributed by atoms with E-state index >= 15 is 0 Å². The highest BCUT2D eigenvalue weighted by molar-refractivity contribution is 5.89. The van der Waals surface area contributed by atoms with E-state index in [1.54, 1.807) is 0 Å². The monoisotopic (exact) mass is 410 g/mol. The van der Waals surface area contributed by atoms with Crippen molar-refractivity contribution in [3.05, 3.63) is 64.5 Å². The Morgan fingerprint density at radius 2 is 1.69 bits per heavy atom. The smallest absolute Gasteiger partial charge is 0.417 e. The van der Waals surface area contributed by atoms with E-state index in [0.717, 1.165) is 18.2 Å². The van der Waals surface area contributed by atoms with Crippen molar-refractivity contribution in [2.45, 2.75) is 6.18 Å². The molecule has 0 aliphatic carbocycles. The lowest BCUT2D eigenvalue weighted by Crippen LogP contribution is -2.38. The van der Waals surface area contributed by atoms with Gasteiger partial charge in [0.15, 0.2) is 0 Å². The molecule has 0 saturated carbocycles. The highest BCUT2D eigenvalue weighted by Gasteiger charge is 2.33. The van der Waals surface area contributed by atoms with Gasteiger partial charge in [-0.05, 0) is 36.4 Å². The zero-order chi connectivity index (χ0) is 21.8. The van der Waals surface area contributed by atoms with E-state index in [0.29, 0.717) is 17.1 Å². The molecule has 8 heteroatoms. The minimum Gasteiger partial charge on any atom is -0.508 e. The lowest BCUT2D eigenvalue weighted by atomic mass is 10.1. The third kappa shape index (κ3) is 6.50. The highest BCUT2D eigenvalue weighted by atomic mass is 19.4. The number of ether oxygens (including phenoxy) is 1. The van der Waals surface area contributed by atoms with Gasteiger partial charge in [0.05, 0.1) is 37.8 Å². The highest BCUT2D eigenvalue weighted by Crippen LogP contribution is 2.33.